The van der Waals surface area contributed by atoms with Crippen molar-refractivity contribution in [3.8, 4) is 0 Å². The molecule has 0 aromatic carbocycles. The third-order valence-corrected chi connectivity index (χ3v) is 1.64. The molecule has 0 saturated heterocycles. The van der Waals surface area contributed by atoms with Crippen molar-refractivity contribution in [2.24, 2.45) is 0 Å². The van der Waals surface area contributed by atoms with Gasteiger partial charge in [-0.15, -0.1) is 0 Å². The smallest absolute Gasteiger partial charge is 0.251 e. The van der Waals surface area contributed by atoms with Crippen molar-refractivity contribution in [3.05, 3.63) is 0 Å². The van der Waals surface area contributed by atoms with Crippen LogP contribution in [0, 0.1) is 0 Å². The Bertz CT molecular complexity index is 115. The van der Waals surface area contributed by atoms with Crippen molar-refractivity contribution in [2.75, 3.05) is 19.7 Å². The van der Waals surface area contributed by atoms with Gasteiger partial charge in [0.2, 0.25) is 0 Å². The van der Waals surface area contributed by atoms with Crippen LogP contribution in [0.2, 0.25) is 0 Å². The molecule has 0 heterocycles. The lowest BCUT2D eigenvalue weighted by Gasteiger charge is -2.18. The zero-order valence-corrected chi connectivity index (χ0v) is 7.30. The van der Waals surface area contributed by atoms with Crippen molar-refractivity contribution in [2.45, 2.75) is 26.7 Å². The standard InChI is InChI=1S/C8H16NO2/c1-3-5-6-9(4-2)8(11)7-10/h3-7H2,1-2H3. The first-order valence-electron chi connectivity index (χ1n) is 4.12. The summed E-state index contributed by atoms with van der Waals surface area (Å²) in [6.45, 7) is 4.73. The van der Waals surface area contributed by atoms with Gasteiger partial charge in [0.15, 0.2) is 6.61 Å². The lowest BCUT2D eigenvalue weighted by molar-refractivity contribution is -0.135. The highest BCUT2D eigenvalue weighted by atomic mass is 16.3. The van der Waals surface area contributed by atoms with E-state index in [0.29, 0.717) is 6.54 Å². The molecule has 0 aliphatic rings. The van der Waals surface area contributed by atoms with Crippen LogP contribution in [0.5, 0.6) is 0 Å². The molecular weight excluding hydrogens is 142 g/mol. The van der Waals surface area contributed by atoms with Gasteiger partial charge in [-0.3, -0.25) is 4.79 Å². The van der Waals surface area contributed by atoms with Crippen LogP contribution in [0.25, 0.3) is 0 Å². The molecule has 0 aromatic heterocycles. The van der Waals surface area contributed by atoms with Gasteiger partial charge in [0.25, 0.3) is 5.91 Å². The fourth-order valence-electron chi connectivity index (χ4n) is 0.899. The summed E-state index contributed by atoms with van der Waals surface area (Å²) in [4.78, 5) is 12.5. The highest BCUT2D eigenvalue weighted by molar-refractivity contribution is 5.76. The summed E-state index contributed by atoms with van der Waals surface area (Å²) < 4.78 is 0. The molecule has 0 bridgehead atoms. The number of unbranched alkanes of at least 4 members (excludes halogenated alkanes) is 1. The molecule has 0 N–H and O–H groups in total. The molecule has 0 rings (SSSR count). The minimum Gasteiger partial charge on any atom is -0.341 e. The summed E-state index contributed by atoms with van der Waals surface area (Å²) in [6.07, 6.45) is 2.04. The minimum absolute atomic E-state index is 0.277. The van der Waals surface area contributed by atoms with Gasteiger partial charge in [-0.05, 0) is 13.3 Å². The molecule has 0 unspecified atom stereocenters. The maximum Gasteiger partial charge on any atom is 0.251 e. The fraction of sp³-hybridized carbons (Fsp3) is 0.875. The third kappa shape index (κ3) is 3.98. The molecule has 65 valence electrons. The van der Waals surface area contributed by atoms with Gasteiger partial charge in [0.1, 0.15) is 0 Å². The number of carbonyl (C=O) groups is 1. The second-order valence-corrected chi connectivity index (χ2v) is 2.47. The zero-order chi connectivity index (χ0) is 8.69. The van der Waals surface area contributed by atoms with E-state index in [4.69, 9.17) is 0 Å². The van der Waals surface area contributed by atoms with Gasteiger partial charge in [-0.2, -0.15) is 0 Å². The molecule has 3 heteroatoms. The SMILES string of the molecule is CCCCN(CC)C(=O)C[O]. The number of rotatable bonds is 5. The maximum absolute atomic E-state index is 10.9. The van der Waals surface area contributed by atoms with Gasteiger partial charge < -0.3 is 4.90 Å². The molecule has 1 radical (unpaired) electrons. The van der Waals surface area contributed by atoms with Crippen molar-refractivity contribution in [1.29, 1.82) is 0 Å². The van der Waals surface area contributed by atoms with Crippen LogP contribution in [0.1, 0.15) is 26.7 Å². The summed E-state index contributed by atoms with van der Waals surface area (Å²) in [5, 5.41) is 10.2. The van der Waals surface area contributed by atoms with Crippen LogP contribution in [-0.4, -0.2) is 30.5 Å². The number of hydrogen-bond acceptors (Lipinski definition) is 1. The molecule has 0 saturated carbocycles. The summed E-state index contributed by atoms with van der Waals surface area (Å²) in [6, 6.07) is 0. The topological polar surface area (TPSA) is 40.2 Å². The Hall–Kier alpha value is -0.570. The Balaban J connectivity index is 3.65. The molecule has 0 aliphatic carbocycles. The second-order valence-electron chi connectivity index (χ2n) is 2.47. The zero-order valence-electron chi connectivity index (χ0n) is 7.30. The summed E-state index contributed by atoms with van der Waals surface area (Å²) in [7, 11) is 0. The van der Waals surface area contributed by atoms with E-state index in [-0.39, 0.29) is 5.91 Å². The molecule has 0 aliphatic heterocycles. The van der Waals surface area contributed by atoms with Crippen LogP contribution in [0.15, 0.2) is 0 Å². The Labute approximate surface area is 68.0 Å². The van der Waals surface area contributed by atoms with Crippen molar-refractivity contribution in [1.82, 2.24) is 4.90 Å². The maximum atomic E-state index is 10.9. The van der Waals surface area contributed by atoms with Gasteiger partial charge in [0, 0.05) is 13.1 Å². The highest BCUT2D eigenvalue weighted by Gasteiger charge is 2.08. The number of carbonyl (C=O) groups excluding carboxylic acids is 1. The molecule has 0 atom stereocenters. The number of amides is 1. The second kappa shape index (κ2) is 6.16. The van der Waals surface area contributed by atoms with Crippen LogP contribution in [0.3, 0.4) is 0 Å². The molecule has 1 amide bonds. The number of hydrogen-bond donors (Lipinski definition) is 0. The van der Waals surface area contributed by atoms with E-state index in [2.05, 4.69) is 6.92 Å². The van der Waals surface area contributed by atoms with E-state index in [0.717, 1.165) is 19.4 Å². The fourth-order valence-corrected chi connectivity index (χ4v) is 0.899. The largest absolute Gasteiger partial charge is 0.341 e. The monoisotopic (exact) mass is 158 g/mol. The Morgan fingerprint density at radius 2 is 2.00 bits per heavy atom. The minimum atomic E-state index is -0.614. The number of nitrogens with zero attached hydrogens (tertiary/aromatic N) is 1. The first-order chi connectivity index (χ1) is 5.26. The van der Waals surface area contributed by atoms with E-state index in [1.807, 2.05) is 6.92 Å². The molecule has 3 nitrogen and oxygen atoms in total. The van der Waals surface area contributed by atoms with E-state index in [1.165, 1.54) is 0 Å². The highest BCUT2D eigenvalue weighted by Crippen LogP contribution is 1.94. The summed E-state index contributed by atoms with van der Waals surface area (Å²) >= 11 is 0. The molecular formula is C8H16NO2. The van der Waals surface area contributed by atoms with Gasteiger partial charge in [0.05, 0.1) is 0 Å². The van der Waals surface area contributed by atoms with Crippen molar-refractivity contribution < 1.29 is 9.90 Å². The van der Waals surface area contributed by atoms with Crippen LogP contribution in [-0.2, 0) is 9.90 Å². The normalized spacial score (nSPS) is 9.73. The quantitative estimate of drug-likeness (QED) is 0.590. The average molecular weight is 158 g/mol. The molecule has 0 aromatic rings. The van der Waals surface area contributed by atoms with Gasteiger partial charge >= 0.3 is 0 Å². The average Bonchev–Trinajstić information content (AvgIpc) is 2.05. The number of likely N-dealkylation sites (N-methyl/N-ethyl adjacent to an activating group) is 1. The molecule has 0 fully saturated rings. The Kier molecular flexibility index (Phi) is 5.84. The lowest BCUT2D eigenvalue weighted by atomic mass is 10.3. The van der Waals surface area contributed by atoms with Crippen molar-refractivity contribution in [3.63, 3.8) is 0 Å². The molecule has 11 heavy (non-hydrogen) atoms. The van der Waals surface area contributed by atoms with Gasteiger partial charge in [-0.1, -0.05) is 13.3 Å². The Morgan fingerprint density at radius 3 is 2.36 bits per heavy atom. The van der Waals surface area contributed by atoms with Crippen LogP contribution in [0.4, 0.5) is 0 Å². The van der Waals surface area contributed by atoms with Crippen LogP contribution >= 0.6 is 0 Å². The summed E-state index contributed by atoms with van der Waals surface area (Å²) in [5.41, 5.74) is 0. The molecule has 0 spiro atoms. The van der Waals surface area contributed by atoms with Crippen molar-refractivity contribution >= 4 is 5.91 Å². The van der Waals surface area contributed by atoms with E-state index in [1.54, 1.807) is 4.90 Å². The van der Waals surface area contributed by atoms with Gasteiger partial charge in [-0.25, -0.2) is 5.11 Å². The van der Waals surface area contributed by atoms with Crippen LogP contribution < -0.4 is 0 Å². The first-order valence-corrected chi connectivity index (χ1v) is 4.12. The first kappa shape index (κ1) is 10.4. The van der Waals surface area contributed by atoms with E-state index in [9.17, 15) is 9.90 Å². The Morgan fingerprint density at radius 1 is 1.36 bits per heavy atom. The predicted octanol–water partition coefficient (Wildman–Crippen LogP) is 1.07. The third-order valence-electron chi connectivity index (χ3n) is 1.64. The lowest BCUT2D eigenvalue weighted by Crippen LogP contribution is -2.33. The predicted molar refractivity (Wildman–Crippen MR) is 42.7 cm³/mol. The summed E-state index contributed by atoms with van der Waals surface area (Å²) in [5.74, 6) is -0.277. The van der Waals surface area contributed by atoms with E-state index < -0.39 is 6.61 Å². The van der Waals surface area contributed by atoms with E-state index >= 15 is 0 Å².